The van der Waals surface area contributed by atoms with Crippen molar-refractivity contribution in [2.45, 2.75) is 6.92 Å². The molecule has 0 fully saturated rings. The third-order valence-corrected chi connectivity index (χ3v) is 1.75. The van der Waals surface area contributed by atoms with Crippen molar-refractivity contribution in [3.63, 3.8) is 0 Å². The molecule has 1 aromatic rings. The van der Waals surface area contributed by atoms with Gasteiger partial charge in [-0.1, -0.05) is 6.58 Å². The second-order valence-corrected chi connectivity index (χ2v) is 2.96. The second kappa shape index (κ2) is 4.36. The number of nitrogens with zero attached hydrogens (tertiary/aromatic N) is 1. The lowest BCUT2D eigenvalue weighted by atomic mass is 10.1. The highest BCUT2D eigenvalue weighted by Gasteiger charge is 2.05. The molecular weight excluding hydrogens is 196 g/mol. The Labute approximate surface area is 86.6 Å². The number of hydrogen-bond acceptors (Lipinski definition) is 3. The number of carbonyl (C=O) groups excluding carboxylic acids is 1. The summed E-state index contributed by atoms with van der Waals surface area (Å²) in [5.74, 6) is -0.224. The van der Waals surface area contributed by atoms with Crippen LogP contribution >= 0.6 is 0 Å². The van der Waals surface area contributed by atoms with Gasteiger partial charge in [0.25, 0.3) is 5.69 Å². The largest absolute Gasteiger partial charge is 0.326 e. The van der Waals surface area contributed by atoms with Crippen molar-refractivity contribution < 1.29 is 9.72 Å². The van der Waals surface area contributed by atoms with E-state index in [2.05, 4.69) is 11.9 Å². The van der Waals surface area contributed by atoms with E-state index in [1.165, 1.54) is 31.2 Å². The Balaban J connectivity index is 2.84. The van der Waals surface area contributed by atoms with Gasteiger partial charge < -0.3 is 5.32 Å². The summed E-state index contributed by atoms with van der Waals surface area (Å²) in [5.41, 5.74) is 1.09. The highest BCUT2D eigenvalue weighted by Crippen LogP contribution is 2.15. The molecule has 0 unspecified atom stereocenters. The lowest BCUT2D eigenvalue weighted by Gasteiger charge is -2.05. The fourth-order valence-electron chi connectivity index (χ4n) is 1.07. The number of amides is 1. The third kappa shape index (κ3) is 2.91. The fourth-order valence-corrected chi connectivity index (χ4v) is 1.07. The third-order valence-electron chi connectivity index (χ3n) is 1.75. The van der Waals surface area contributed by atoms with Crippen molar-refractivity contribution in [2.75, 3.05) is 0 Å². The summed E-state index contributed by atoms with van der Waals surface area (Å²) in [7, 11) is 0. The summed E-state index contributed by atoms with van der Waals surface area (Å²) >= 11 is 0. The maximum atomic E-state index is 10.7. The minimum absolute atomic E-state index is 0.00868. The fraction of sp³-hybridized carbons (Fsp3) is 0.100. The first-order valence-electron chi connectivity index (χ1n) is 4.22. The summed E-state index contributed by atoms with van der Waals surface area (Å²) in [6.07, 6.45) is 0. The van der Waals surface area contributed by atoms with Crippen LogP contribution in [-0.2, 0) is 4.79 Å². The molecule has 78 valence electrons. The van der Waals surface area contributed by atoms with Crippen LogP contribution in [0.3, 0.4) is 0 Å². The van der Waals surface area contributed by atoms with Crippen molar-refractivity contribution in [1.82, 2.24) is 5.32 Å². The summed E-state index contributed by atoms with van der Waals surface area (Å²) in [6.45, 7) is 5.01. The standard InChI is InChI=1S/C10H10N2O3/c1-7(11-8(2)13)9-3-5-10(6-4-9)12(14)15/h3-6H,1H2,2H3,(H,11,13). The summed E-state index contributed by atoms with van der Waals surface area (Å²) in [5, 5.41) is 12.9. The van der Waals surface area contributed by atoms with Crippen LogP contribution in [0, 0.1) is 10.1 Å². The predicted molar refractivity (Wildman–Crippen MR) is 55.9 cm³/mol. The van der Waals surface area contributed by atoms with E-state index >= 15 is 0 Å². The molecule has 0 heterocycles. The molecule has 0 aliphatic rings. The molecule has 1 aromatic carbocycles. The number of nitro benzene ring substituents is 1. The molecule has 0 spiro atoms. The van der Waals surface area contributed by atoms with Gasteiger partial charge in [-0.15, -0.1) is 0 Å². The number of carbonyl (C=O) groups is 1. The quantitative estimate of drug-likeness (QED) is 0.604. The van der Waals surface area contributed by atoms with Crippen LogP contribution in [0.15, 0.2) is 30.8 Å². The lowest BCUT2D eigenvalue weighted by Crippen LogP contribution is -2.17. The van der Waals surface area contributed by atoms with Gasteiger partial charge >= 0.3 is 0 Å². The predicted octanol–water partition coefficient (Wildman–Crippen LogP) is 1.70. The van der Waals surface area contributed by atoms with Crippen LogP contribution in [-0.4, -0.2) is 10.8 Å². The van der Waals surface area contributed by atoms with Crippen LogP contribution in [0.25, 0.3) is 5.70 Å². The normalized spacial score (nSPS) is 9.40. The molecule has 5 nitrogen and oxygen atoms in total. The molecule has 1 N–H and O–H groups in total. The molecule has 0 aliphatic carbocycles. The van der Waals surface area contributed by atoms with Gasteiger partial charge in [0, 0.05) is 24.8 Å². The zero-order valence-corrected chi connectivity index (χ0v) is 8.19. The molecule has 0 atom stereocenters. The molecule has 0 saturated heterocycles. The molecule has 0 saturated carbocycles. The van der Waals surface area contributed by atoms with Crippen molar-refractivity contribution >= 4 is 17.3 Å². The molecule has 0 aromatic heterocycles. The van der Waals surface area contributed by atoms with Crippen molar-refractivity contribution in [1.29, 1.82) is 0 Å². The molecule has 15 heavy (non-hydrogen) atoms. The number of nitro groups is 1. The molecule has 0 radical (unpaired) electrons. The first kappa shape index (κ1) is 10.9. The Morgan fingerprint density at radius 2 is 1.93 bits per heavy atom. The lowest BCUT2D eigenvalue weighted by molar-refractivity contribution is -0.384. The minimum atomic E-state index is -0.481. The number of rotatable bonds is 3. The highest BCUT2D eigenvalue weighted by atomic mass is 16.6. The summed E-state index contributed by atoms with van der Waals surface area (Å²) in [6, 6.07) is 5.80. The van der Waals surface area contributed by atoms with E-state index in [-0.39, 0.29) is 11.6 Å². The Morgan fingerprint density at radius 1 is 1.40 bits per heavy atom. The van der Waals surface area contributed by atoms with Gasteiger partial charge in [0.2, 0.25) is 5.91 Å². The average molecular weight is 206 g/mol. The molecule has 0 aliphatic heterocycles. The van der Waals surface area contributed by atoms with E-state index in [0.717, 1.165) is 0 Å². The van der Waals surface area contributed by atoms with Gasteiger partial charge in [0.1, 0.15) is 0 Å². The van der Waals surface area contributed by atoms with Crippen LogP contribution in [0.5, 0.6) is 0 Å². The number of hydrogen-bond donors (Lipinski definition) is 1. The molecular formula is C10H10N2O3. The Bertz CT molecular complexity index is 409. The summed E-state index contributed by atoms with van der Waals surface area (Å²) < 4.78 is 0. The Morgan fingerprint density at radius 3 is 2.33 bits per heavy atom. The highest BCUT2D eigenvalue weighted by molar-refractivity contribution is 5.84. The van der Waals surface area contributed by atoms with E-state index in [9.17, 15) is 14.9 Å². The van der Waals surface area contributed by atoms with Gasteiger partial charge in [0.05, 0.1) is 4.92 Å². The maximum absolute atomic E-state index is 10.7. The maximum Gasteiger partial charge on any atom is 0.269 e. The van der Waals surface area contributed by atoms with Crippen LogP contribution in [0.1, 0.15) is 12.5 Å². The molecule has 1 rings (SSSR count). The van der Waals surface area contributed by atoms with Crippen molar-refractivity contribution in [3.8, 4) is 0 Å². The Kier molecular flexibility index (Phi) is 3.17. The van der Waals surface area contributed by atoms with E-state index in [1.807, 2.05) is 0 Å². The van der Waals surface area contributed by atoms with Gasteiger partial charge in [-0.3, -0.25) is 14.9 Å². The van der Waals surface area contributed by atoms with Crippen molar-refractivity contribution in [3.05, 3.63) is 46.5 Å². The van der Waals surface area contributed by atoms with E-state index in [0.29, 0.717) is 11.3 Å². The van der Waals surface area contributed by atoms with E-state index in [1.54, 1.807) is 0 Å². The topological polar surface area (TPSA) is 72.2 Å². The van der Waals surface area contributed by atoms with Crippen LogP contribution in [0.2, 0.25) is 0 Å². The number of benzene rings is 1. The van der Waals surface area contributed by atoms with Gasteiger partial charge in [-0.2, -0.15) is 0 Å². The monoisotopic (exact) mass is 206 g/mol. The smallest absolute Gasteiger partial charge is 0.269 e. The first-order valence-corrected chi connectivity index (χ1v) is 4.22. The first-order chi connectivity index (χ1) is 7.00. The number of nitrogens with one attached hydrogen (secondary N) is 1. The van der Waals surface area contributed by atoms with Crippen LogP contribution < -0.4 is 5.32 Å². The van der Waals surface area contributed by atoms with Crippen LogP contribution in [0.4, 0.5) is 5.69 Å². The summed E-state index contributed by atoms with van der Waals surface area (Å²) in [4.78, 5) is 20.6. The van der Waals surface area contributed by atoms with Gasteiger partial charge in [0.15, 0.2) is 0 Å². The van der Waals surface area contributed by atoms with E-state index in [4.69, 9.17) is 0 Å². The molecule has 1 amide bonds. The van der Waals surface area contributed by atoms with Crippen molar-refractivity contribution in [2.24, 2.45) is 0 Å². The van der Waals surface area contributed by atoms with Gasteiger partial charge in [-0.05, 0) is 17.7 Å². The zero-order chi connectivity index (χ0) is 11.4. The average Bonchev–Trinajstić information content (AvgIpc) is 2.17. The minimum Gasteiger partial charge on any atom is -0.326 e. The molecule has 0 bridgehead atoms. The Hall–Kier alpha value is -2.17. The SMILES string of the molecule is C=C(NC(C)=O)c1ccc([N+](=O)[O-])cc1. The molecule has 5 heteroatoms. The zero-order valence-electron chi connectivity index (χ0n) is 8.19. The van der Waals surface area contributed by atoms with Gasteiger partial charge in [-0.25, -0.2) is 0 Å². The second-order valence-electron chi connectivity index (χ2n) is 2.96. The number of non-ortho nitro benzene ring substituents is 1. The van der Waals surface area contributed by atoms with E-state index < -0.39 is 4.92 Å².